The Labute approximate surface area is 148 Å². The third-order valence-electron chi connectivity index (χ3n) is 3.99. The number of thioether (sulfide) groups is 1. The van der Waals surface area contributed by atoms with Gasteiger partial charge in [0.2, 0.25) is 0 Å². The van der Waals surface area contributed by atoms with E-state index in [0.717, 1.165) is 28.7 Å². The van der Waals surface area contributed by atoms with E-state index >= 15 is 0 Å². The van der Waals surface area contributed by atoms with Crippen LogP contribution in [-0.2, 0) is 0 Å². The SMILES string of the molecule is O=C(c1cc(-n2cccc2)ccn1)N1CCSCC1c1nccs1. The molecule has 24 heavy (non-hydrogen) atoms. The zero-order chi connectivity index (χ0) is 16.4. The second kappa shape index (κ2) is 6.78. The lowest BCUT2D eigenvalue weighted by Gasteiger charge is -2.34. The van der Waals surface area contributed by atoms with Gasteiger partial charge in [0.1, 0.15) is 10.7 Å². The van der Waals surface area contributed by atoms with Gasteiger partial charge >= 0.3 is 0 Å². The summed E-state index contributed by atoms with van der Waals surface area (Å²) in [7, 11) is 0. The van der Waals surface area contributed by atoms with Crippen LogP contribution in [0.2, 0.25) is 0 Å². The molecule has 0 aromatic carbocycles. The Morgan fingerprint density at radius 3 is 2.88 bits per heavy atom. The summed E-state index contributed by atoms with van der Waals surface area (Å²) in [6.07, 6.45) is 7.41. The molecule has 1 aliphatic heterocycles. The minimum absolute atomic E-state index is 0.0236. The van der Waals surface area contributed by atoms with Crippen LogP contribution < -0.4 is 0 Å². The third-order valence-corrected chi connectivity index (χ3v) is 5.89. The van der Waals surface area contributed by atoms with E-state index in [1.54, 1.807) is 23.7 Å². The molecule has 1 amide bonds. The minimum atomic E-state index is -0.0236. The van der Waals surface area contributed by atoms with Crippen molar-refractivity contribution in [3.8, 4) is 5.69 Å². The van der Waals surface area contributed by atoms with E-state index in [9.17, 15) is 4.79 Å². The molecule has 0 spiro atoms. The van der Waals surface area contributed by atoms with Crippen LogP contribution in [0.1, 0.15) is 21.5 Å². The molecule has 0 bridgehead atoms. The van der Waals surface area contributed by atoms with Gasteiger partial charge in [-0.15, -0.1) is 11.3 Å². The lowest BCUT2D eigenvalue weighted by molar-refractivity contribution is 0.0695. The van der Waals surface area contributed by atoms with Crippen molar-refractivity contribution in [3.63, 3.8) is 0 Å². The van der Waals surface area contributed by atoms with Gasteiger partial charge in [-0.3, -0.25) is 9.78 Å². The molecule has 1 atom stereocenters. The summed E-state index contributed by atoms with van der Waals surface area (Å²) in [5, 5.41) is 2.96. The maximum absolute atomic E-state index is 13.0. The van der Waals surface area contributed by atoms with Gasteiger partial charge in [0.25, 0.3) is 5.91 Å². The number of nitrogens with zero attached hydrogens (tertiary/aromatic N) is 4. The van der Waals surface area contributed by atoms with E-state index in [-0.39, 0.29) is 11.9 Å². The third kappa shape index (κ3) is 2.97. The Kier molecular flexibility index (Phi) is 4.36. The average molecular weight is 356 g/mol. The van der Waals surface area contributed by atoms with Crippen molar-refractivity contribution < 1.29 is 4.79 Å². The van der Waals surface area contributed by atoms with Gasteiger partial charge in [0, 0.05) is 53.9 Å². The standard InChI is InChI=1S/C17H16N4OS2/c22-17(14-11-13(3-4-18-14)20-6-1-2-7-20)21-8-10-23-12-15(21)16-19-5-9-24-16/h1-7,9,11,15H,8,10,12H2. The van der Waals surface area contributed by atoms with Crippen molar-refractivity contribution in [2.24, 2.45) is 0 Å². The largest absolute Gasteiger partial charge is 0.326 e. The quantitative estimate of drug-likeness (QED) is 0.723. The van der Waals surface area contributed by atoms with Crippen LogP contribution in [0, 0.1) is 0 Å². The van der Waals surface area contributed by atoms with Crippen molar-refractivity contribution in [2.45, 2.75) is 6.04 Å². The van der Waals surface area contributed by atoms with E-state index in [1.165, 1.54) is 0 Å². The maximum Gasteiger partial charge on any atom is 0.273 e. The fraction of sp³-hybridized carbons (Fsp3) is 0.235. The monoisotopic (exact) mass is 356 g/mol. The molecule has 122 valence electrons. The van der Waals surface area contributed by atoms with Crippen LogP contribution in [0.25, 0.3) is 5.69 Å². The molecule has 0 saturated carbocycles. The molecule has 4 rings (SSSR count). The Bertz CT molecular complexity index is 817. The molecule has 0 N–H and O–H groups in total. The predicted octanol–water partition coefficient (Wildman–Crippen LogP) is 3.26. The first-order chi connectivity index (χ1) is 11.8. The van der Waals surface area contributed by atoms with Crippen LogP contribution in [0.5, 0.6) is 0 Å². The number of carbonyl (C=O) groups excluding carboxylic acids is 1. The lowest BCUT2D eigenvalue weighted by Crippen LogP contribution is -2.41. The predicted molar refractivity (Wildman–Crippen MR) is 96.8 cm³/mol. The summed E-state index contributed by atoms with van der Waals surface area (Å²) in [4.78, 5) is 23.7. The minimum Gasteiger partial charge on any atom is -0.326 e. The summed E-state index contributed by atoms with van der Waals surface area (Å²) < 4.78 is 1.98. The van der Waals surface area contributed by atoms with Gasteiger partial charge in [-0.1, -0.05) is 0 Å². The van der Waals surface area contributed by atoms with Gasteiger partial charge in [0.05, 0.1) is 6.04 Å². The Hall–Kier alpha value is -2.12. The molecule has 4 heterocycles. The van der Waals surface area contributed by atoms with Crippen molar-refractivity contribution in [1.82, 2.24) is 19.4 Å². The van der Waals surface area contributed by atoms with Crippen molar-refractivity contribution in [2.75, 3.05) is 18.1 Å². The molecular weight excluding hydrogens is 340 g/mol. The highest BCUT2D eigenvalue weighted by Gasteiger charge is 2.31. The lowest BCUT2D eigenvalue weighted by atomic mass is 10.2. The Morgan fingerprint density at radius 1 is 1.21 bits per heavy atom. The number of carbonyl (C=O) groups is 1. The number of hydrogen-bond donors (Lipinski definition) is 0. The number of amides is 1. The molecule has 7 heteroatoms. The summed E-state index contributed by atoms with van der Waals surface area (Å²) >= 11 is 3.47. The van der Waals surface area contributed by atoms with Crippen LogP contribution >= 0.6 is 23.1 Å². The van der Waals surface area contributed by atoms with Gasteiger partial charge in [-0.2, -0.15) is 11.8 Å². The van der Waals surface area contributed by atoms with E-state index in [1.807, 2.05) is 63.3 Å². The number of aromatic nitrogens is 3. The molecule has 0 aliphatic carbocycles. The summed E-state index contributed by atoms with van der Waals surface area (Å²) in [6, 6.07) is 7.71. The molecular formula is C17H16N4OS2. The van der Waals surface area contributed by atoms with E-state index < -0.39 is 0 Å². The van der Waals surface area contributed by atoms with Gasteiger partial charge in [-0.25, -0.2) is 4.98 Å². The second-order valence-corrected chi connectivity index (χ2v) is 7.53. The second-order valence-electron chi connectivity index (χ2n) is 5.45. The van der Waals surface area contributed by atoms with E-state index in [2.05, 4.69) is 9.97 Å². The first-order valence-electron chi connectivity index (χ1n) is 7.70. The Balaban J connectivity index is 1.63. The average Bonchev–Trinajstić information content (AvgIpc) is 3.35. The highest BCUT2D eigenvalue weighted by Crippen LogP contribution is 2.31. The maximum atomic E-state index is 13.0. The fourth-order valence-electron chi connectivity index (χ4n) is 2.80. The molecule has 1 fully saturated rings. The van der Waals surface area contributed by atoms with Crippen molar-refractivity contribution >= 4 is 29.0 Å². The first-order valence-corrected chi connectivity index (χ1v) is 9.74. The molecule has 1 unspecified atom stereocenters. The Morgan fingerprint density at radius 2 is 2.08 bits per heavy atom. The summed E-state index contributed by atoms with van der Waals surface area (Å²) in [5.74, 6) is 1.81. The molecule has 1 aliphatic rings. The van der Waals surface area contributed by atoms with Crippen LogP contribution in [-0.4, -0.2) is 43.4 Å². The summed E-state index contributed by atoms with van der Waals surface area (Å²) in [5.41, 5.74) is 1.42. The van der Waals surface area contributed by atoms with Crippen LogP contribution in [0.15, 0.2) is 54.4 Å². The molecule has 5 nitrogen and oxygen atoms in total. The highest BCUT2D eigenvalue weighted by molar-refractivity contribution is 7.99. The van der Waals surface area contributed by atoms with Crippen molar-refractivity contribution in [3.05, 3.63) is 65.1 Å². The zero-order valence-corrected chi connectivity index (χ0v) is 14.5. The molecule has 0 radical (unpaired) electrons. The van der Waals surface area contributed by atoms with E-state index in [0.29, 0.717) is 5.69 Å². The van der Waals surface area contributed by atoms with Gasteiger partial charge < -0.3 is 9.47 Å². The molecule has 1 saturated heterocycles. The fourth-order valence-corrected chi connectivity index (χ4v) is 4.71. The number of thiazole rings is 1. The van der Waals surface area contributed by atoms with Crippen molar-refractivity contribution in [1.29, 1.82) is 0 Å². The number of hydrogen-bond acceptors (Lipinski definition) is 5. The molecule has 3 aromatic rings. The number of rotatable bonds is 3. The topological polar surface area (TPSA) is 51.0 Å². The summed E-state index contributed by atoms with van der Waals surface area (Å²) in [6.45, 7) is 0.725. The zero-order valence-electron chi connectivity index (χ0n) is 12.9. The van der Waals surface area contributed by atoms with Gasteiger partial charge in [-0.05, 0) is 24.3 Å². The van der Waals surface area contributed by atoms with Crippen LogP contribution in [0.3, 0.4) is 0 Å². The highest BCUT2D eigenvalue weighted by atomic mass is 32.2. The van der Waals surface area contributed by atoms with Gasteiger partial charge in [0.15, 0.2) is 0 Å². The van der Waals surface area contributed by atoms with Crippen LogP contribution in [0.4, 0.5) is 0 Å². The smallest absolute Gasteiger partial charge is 0.273 e. The molecule has 3 aromatic heterocycles. The number of pyridine rings is 1. The van der Waals surface area contributed by atoms with E-state index in [4.69, 9.17) is 0 Å². The normalized spacial score (nSPS) is 17.8. The first kappa shape index (κ1) is 15.4.